The molecule has 2 heterocycles. The lowest BCUT2D eigenvalue weighted by molar-refractivity contribution is -0.139. The standard InChI is InChI=1S/C26H27FN4O4/c1-2-3-7-21(29-23(33)22(32)16-9-11-17(27)12-10-16)24(34)31-15-26(13-18(31)14-28)19-6-4-5-8-20(19)30-25(26)35/h4-6,8-12,18,21-22,32H,2-3,7,13,15H2,1H3,(H,29,33)(H,30,35)/t18-,21-,22-,26?/m0/s1. The number of likely N-dealkylation sites (tertiary alicyclic amines) is 1. The summed E-state index contributed by atoms with van der Waals surface area (Å²) in [5.74, 6) is -2.02. The van der Waals surface area contributed by atoms with Crippen LogP contribution < -0.4 is 10.6 Å². The van der Waals surface area contributed by atoms with Crippen LogP contribution in [0.25, 0.3) is 0 Å². The van der Waals surface area contributed by atoms with Gasteiger partial charge >= 0.3 is 0 Å². The number of halogens is 1. The summed E-state index contributed by atoms with van der Waals surface area (Å²) < 4.78 is 13.2. The molecule has 4 atom stereocenters. The van der Waals surface area contributed by atoms with Crippen molar-refractivity contribution in [3.05, 3.63) is 65.5 Å². The van der Waals surface area contributed by atoms with E-state index in [1.54, 1.807) is 12.1 Å². The van der Waals surface area contributed by atoms with Gasteiger partial charge in [-0.3, -0.25) is 14.4 Å². The van der Waals surface area contributed by atoms with Gasteiger partial charge < -0.3 is 20.6 Å². The second-order valence-electron chi connectivity index (χ2n) is 9.05. The van der Waals surface area contributed by atoms with Crippen LogP contribution in [0.4, 0.5) is 10.1 Å². The highest BCUT2D eigenvalue weighted by Crippen LogP contribution is 2.46. The smallest absolute Gasteiger partial charge is 0.254 e. The summed E-state index contributed by atoms with van der Waals surface area (Å²) in [5.41, 5.74) is 0.586. The Bertz CT molecular complexity index is 1180. The van der Waals surface area contributed by atoms with E-state index in [1.165, 1.54) is 17.0 Å². The van der Waals surface area contributed by atoms with Crippen molar-refractivity contribution in [2.24, 2.45) is 0 Å². The largest absolute Gasteiger partial charge is 0.378 e. The first-order valence-corrected chi connectivity index (χ1v) is 11.7. The van der Waals surface area contributed by atoms with Gasteiger partial charge in [-0.1, -0.05) is 50.1 Å². The molecule has 3 amide bonds. The van der Waals surface area contributed by atoms with Crippen LogP contribution in [0.1, 0.15) is 49.8 Å². The molecule has 1 fully saturated rings. The summed E-state index contributed by atoms with van der Waals surface area (Å²) in [4.78, 5) is 40.8. The third-order valence-electron chi connectivity index (χ3n) is 6.81. The lowest BCUT2D eigenvalue weighted by Crippen LogP contribution is -2.51. The topological polar surface area (TPSA) is 123 Å². The number of aliphatic hydroxyl groups is 1. The molecule has 1 saturated heterocycles. The number of carbonyl (C=O) groups is 3. The van der Waals surface area contributed by atoms with Gasteiger partial charge in [0.1, 0.15) is 17.9 Å². The van der Waals surface area contributed by atoms with Gasteiger partial charge in [-0.15, -0.1) is 0 Å². The second kappa shape index (κ2) is 9.84. The van der Waals surface area contributed by atoms with E-state index in [0.717, 1.165) is 24.1 Å². The van der Waals surface area contributed by atoms with Crippen LogP contribution >= 0.6 is 0 Å². The normalized spacial score (nSPS) is 22.3. The van der Waals surface area contributed by atoms with Crippen molar-refractivity contribution >= 4 is 23.4 Å². The van der Waals surface area contributed by atoms with Crippen molar-refractivity contribution in [1.29, 1.82) is 5.26 Å². The minimum atomic E-state index is -1.59. The fourth-order valence-electron chi connectivity index (χ4n) is 4.90. The third kappa shape index (κ3) is 4.49. The maximum atomic E-state index is 13.6. The van der Waals surface area contributed by atoms with Crippen LogP contribution in [0.3, 0.4) is 0 Å². The quantitative estimate of drug-likeness (QED) is 0.565. The minimum Gasteiger partial charge on any atom is -0.378 e. The van der Waals surface area contributed by atoms with E-state index in [0.29, 0.717) is 18.5 Å². The van der Waals surface area contributed by atoms with E-state index in [9.17, 15) is 29.1 Å². The number of nitrogens with zero attached hydrogens (tertiary/aromatic N) is 2. The Morgan fingerprint density at radius 1 is 1.29 bits per heavy atom. The predicted octanol–water partition coefficient (Wildman–Crippen LogP) is 2.55. The maximum Gasteiger partial charge on any atom is 0.254 e. The summed E-state index contributed by atoms with van der Waals surface area (Å²) in [6.45, 7) is 1.96. The number of nitriles is 1. The average molecular weight is 479 g/mol. The van der Waals surface area contributed by atoms with Gasteiger partial charge in [0, 0.05) is 18.7 Å². The van der Waals surface area contributed by atoms with E-state index < -0.39 is 41.2 Å². The summed E-state index contributed by atoms with van der Waals surface area (Å²) >= 11 is 0. The number of unbranched alkanes of at least 4 members (excludes halogenated alkanes) is 1. The Morgan fingerprint density at radius 3 is 2.69 bits per heavy atom. The molecular formula is C26H27FN4O4. The highest BCUT2D eigenvalue weighted by atomic mass is 19.1. The minimum absolute atomic E-state index is 0.0198. The lowest BCUT2D eigenvalue weighted by Gasteiger charge is -2.28. The van der Waals surface area contributed by atoms with Crippen LogP contribution in [-0.2, 0) is 19.8 Å². The molecule has 182 valence electrons. The number of aliphatic hydroxyl groups excluding tert-OH is 1. The van der Waals surface area contributed by atoms with Crippen molar-refractivity contribution in [1.82, 2.24) is 10.2 Å². The van der Waals surface area contributed by atoms with E-state index in [-0.39, 0.29) is 24.4 Å². The van der Waals surface area contributed by atoms with Gasteiger partial charge in [-0.2, -0.15) is 5.26 Å². The SMILES string of the molecule is CCCC[C@H](NC(=O)[C@@H](O)c1ccc(F)cc1)C(=O)N1CC2(C[C@H]1C#N)C(=O)Nc1ccccc12. The lowest BCUT2D eigenvalue weighted by atomic mass is 9.80. The third-order valence-corrected chi connectivity index (χ3v) is 6.81. The van der Waals surface area contributed by atoms with Crippen molar-refractivity contribution in [3.8, 4) is 6.07 Å². The number of anilines is 1. The summed E-state index contributed by atoms with van der Waals surface area (Å²) in [6.07, 6.45) is 0.272. The number of hydrogen-bond donors (Lipinski definition) is 3. The average Bonchev–Trinajstić information content (AvgIpc) is 3.39. The fourth-order valence-corrected chi connectivity index (χ4v) is 4.90. The van der Waals surface area contributed by atoms with Gasteiger partial charge in [-0.25, -0.2) is 4.39 Å². The molecule has 8 nitrogen and oxygen atoms in total. The van der Waals surface area contributed by atoms with Crippen LogP contribution in [0.5, 0.6) is 0 Å². The van der Waals surface area contributed by atoms with Gasteiger partial charge in [-0.05, 0) is 35.7 Å². The van der Waals surface area contributed by atoms with Crippen LogP contribution in [0.15, 0.2) is 48.5 Å². The Hall–Kier alpha value is -3.77. The van der Waals surface area contributed by atoms with Crippen molar-refractivity contribution in [2.75, 3.05) is 11.9 Å². The molecule has 2 aromatic rings. The van der Waals surface area contributed by atoms with Gasteiger partial charge in [0.2, 0.25) is 11.8 Å². The van der Waals surface area contributed by atoms with E-state index >= 15 is 0 Å². The summed E-state index contributed by atoms with van der Waals surface area (Å²) in [6, 6.07) is 12.4. The Labute approximate surface area is 202 Å². The molecule has 0 saturated carbocycles. The molecule has 2 aliphatic heterocycles. The van der Waals surface area contributed by atoms with Gasteiger partial charge in [0.25, 0.3) is 5.91 Å². The Morgan fingerprint density at radius 2 is 2.00 bits per heavy atom. The van der Waals surface area contributed by atoms with Crippen molar-refractivity contribution < 1.29 is 23.9 Å². The number of fused-ring (bicyclic) bond motifs is 2. The second-order valence-corrected chi connectivity index (χ2v) is 9.05. The molecule has 0 radical (unpaired) electrons. The van der Waals surface area contributed by atoms with Gasteiger partial charge in [0.05, 0.1) is 11.5 Å². The molecule has 9 heteroatoms. The number of benzene rings is 2. The molecule has 0 bridgehead atoms. The molecule has 2 aliphatic rings. The molecule has 2 aromatic carbocycles. The first kappa shape index (κ1) is 24.4. The number of rotatable bonds is 7. The van der Waals surface area contributed by atoms with Crippen molar-refractivity contribution in [2.45, 2.75) is 56.2 Å². The zero-order chi connectivity index (χ0) is 25.2. The highest BCUT2D eigenvalue weighted by molar-refractivity contribution is 6.07. The molecular weight excluding hydrogens is 451 g/mol. The molecule has 0 aromatic heterocycles. The Kier molecular flexibility index (Phi) is 6.85. The van der Waals surface area contributed by atoms with E-state index in [2.05, 4.69) is 16.7 Å². The molecule has 1 unspecified atom stereocenters. The van der Waals surface area contributed by atoms with Gasteiger partial charge in [0.15, 0.2) is 6.10 Å². The van der Waals surface area contributed by atoms with E-state index in [1.807, 2.05) is 19.1 Å². The molecule has 0 aliphatic carbocycles. The highest BCUT2D eigenvalue weighted by Gasteiger charge is 2.56. The van der Waals surface area contributed by atoms with Crippen LogP contribution in [0, 0.1) is 17.1 Å². The zero-order valence-corrected chi connectivity index (χ0v) is 19.3. The Balaban J connectivity index is 1.56. The molecule has 1 spiro atoms. The number of hydrogen-bond acceptors (Lipinski definition) is 5. The summed E-state index contributed by atoms with van der Waals surface area (Å²) in [5, 5.41) is 25.7. The zero-order valence-electron chi connectivity index (χ0n) is 19.3. The van der Waals surface area contributed by atoms with E-state index in [4.69, 9.17) is 0 Å². The number of para-hydroxylation sites is 1. The maximum absolute atomic E-state index is 13.6. The predicted molar refractivity (Wildman–Crippen MR) is 125 cm³/mol. The summed E-state index contributed by atoms with van der Waals surface area (Å²) in [7, 11) is 0. The van der Waals surface area contributed by atoms with Crippen molar-refractivity contribution in [3.63, 3.8) is 0 Å². The first-order chi connectivity index (χ1) is 16.8. The number of amides is 3. The number of nitrogens with one attached hydrogen (secondary N) is 2. The monoisotopic (exact) mass is 478 g/mol. The van der Waals surface area contributed by atoms with Crippen LogP contribution in [0.2, 0.25) is 0 Å². The number of carbonyl (C=O) groups excluding carboxylic acids is 3. The fraction of sp³-hybridized carbons (Fsp3) is 0.385. The molecule has 35 heavy (non-hydrogen) atoms. The van der Waals surface area contributed by atoms with Crippen LogP contribution in [-0.4, -0.2) is 46.4 Å². The molecule has 4 rings (SSSR count). The first-order valence-electron chi connectivity index (χ1n) is 11.7. The molecule has 3 N–H and O–H groups in total.